The predicted octanol–water partition coefficient (Wildman–Crippen LogP) is 4.74. The summed E-state index contributed by atoms with van der Waals surface area (Å²) in [7, 11) is 0. The number of rotatable bonds is 8. The van der Waals surface area contributed by atoms with Crippen LogP contribution in [0.5, 0.6) is 5.75 Å². The van der Waals surface area contributed by atoms with E-state index >= 15 is 0 Å². The highest BCUT2D eigenvalue weighted by Crippen LogP contribution is 2.39. The molecule has 7 nitrogen and oxygen atoms in total. The number of hydrogen-bond acceptors (Lipinski definition) is 6. The van der Waals surface area contributed by atoms with Crippen LogP contribution in [0.15, 0.2) is 53.7 Å². The third kappa shape index (κ3) is 4.63. The van der Waals surface area contributed by atoms with Crippen molar-refractivity contribution in [1.82, 2.24) is 14.8 Å². The molecule has 9 heteroatoms. The Morgan fingerprint density at radius 2 is 1.93 bits per heavy atom. The molecule has 0 aliphatic heterocycles. The molecule has 28 heavy (non-hydrogen) atoms. The maximum Gasteiger partial charge on any atom is 0.220 e. The van der Waals surface area contributed by atoms with Gasteiger partial charge in [-0.3, -0.25) is 14.7 Å². The molecule has 3 aromatic rings. The average molecular weight is 419 g/mol. The number of para-hydroxylation sites is 1. The van der Waals surface area contributed by atoms with Crippen molar-refractivity contribution >= 4 is 23.4 Å². The number of hydrogen-bond donors (Lipinski definition) is 0. The van der Waals surface area contributed by atoms with Crippen molar-refractivity contribution in [2.24, 2.45) is 0 Å². The summed E-state index contributed by atoms with van der Waals surface area (Å²) in [6.07, 6.45) is 0. The Hall–Kier alpha value is -2.58. The molecular weight excluding hydrogens is 400 g/mol. The molecular formula is C19H19ClN4O3S. The Labute approximate surface area is 171 Å². The number of nitrogens with zero attached hydrogens (tertiary/aromatic N) is 4. The molecule has 0 N–H and O–H groups in total. The Kier molecular flexibility index (Phi) is 6.53. The highest BCUT2D eigenvalue weighted by Gasteiger charge is 2.26. The molecule has 0 saturated heterocycles. The predicted molar refractivity (Wildman–Crippen MR) is 109 cm³/mol. The molecule has 0 aliphatic carbocycles. The zero-order chi connectivity index (χ0) is 20.1. The minimum absolute atomic E-state index is 0.263. The van der Waals surface area contributed by atoms with Crippen molar-refractivity contribution in [2.75, 3.05) is 13.2 Å². The maximum absolute atomic E-state index is 11.3. The van der Waals surface area contributed by atoms with E-state index in [4.69, 9.17) is 16.3 Å². The molecule has 146 valence electrons. The second-order valence-corrected chi connectivity index (χ2v) is 7.54. The first-order valence-corrected chi connectivity index (χ1v) is 9.93. The lowest BCUT2D eigenvalue weighted by Gasteiger charge is -2.17. The molecule has 0 radical (unpaired) electrons. The SMILES string of the molecule is CCOc1ccccc1[C@@H](C[N+](=O)[O-])Sc1nnc(C)n1-c1ccc(Cl)cc1. The topological polar surface area (TPSA) is 83.1 Å². The molecule has 2 aromatic carbocycles. The molecule has 0 unspecified atom stereocenters. The van der Waals surface area contributed by atoms with Crippen molar-refractivity contribution < 1.29 is 9.66 Å². The van der Waals surface area contributed by atoms with Crippen molar-refractivity contribution in [1.29, 1.82) is 0 Å². The largest absolute Gasteiger partial charge is 0.494 e. The van der Waals surface area contributed by atoms with Gasteiger partial charge in [-0.2, -0.15) is 0 Å². The van der Waals surface area contributed by atoms with Crippen LogP contribution in [0.2, 0.25) is 5.02 Å². The van der Waals surface area contributed by atoms with Gasteiger partial charge in [0.2, 0.25) is 6.54 Å². The van der Waals surface area contributed by atoms with Gasteiger partial charge in [0.15, 0.2) is 5.16 Å². The standard InChI is InChI=1S/C19H19ClN4O3S/c1-3-27-17-7-5-4-6-16(17)18(12-23(25)26)28-19-22-21-13(2)24(19)15-10-8-14(20)9-11-15/h4-11,18H,3,12H2,1-2H3/t18-/m1/s1. The number of nitro groups is 1. The molecule has 1 heterocycles. The van der Waals surface area contributed by atoms with E-state index in [1.165, 1.54) is 11.8 Å². The Bertz CT molecular complexity index is 962. The van der Waals surface area contributed by atoms with Crippen molar-refractivity contribution in [2.45, 2.75) is 24.3 Å². The summed E-state index contributed by atoms with van der Waals surface area (Å²) in [5.41, 5.74) is 1.60. The van der Waals surface area contributed by atoms with Crippen molar-refractivity contribution in [3.8, 4) is 11.4 Å². The van der Waals surface area contributed by atoms with Gasteiger partial charge in [0.25, 0.3) is 0 Å². The second-order valence-electron chi connectivity index (χ2n) is 5.93. The number of aryl methyl sites for hydroxylation is 1. The molecule has 0 aliphatic rings. The average Bonchev–Trinajstić information content (AvgIpc) is 3.03. The first-order valence-electron chi connectivity index (χ1n) is 8.67. The minimum atomic E-state index is -0.479. The number of benzene rings is 2. The molecule has 1 atom stereocenters. The van der Waals surface area contributed by atoms with Crippen LogP contribution < -0.4 is 4.74 Å². The van der Waals surface area contributed by atoms with Gasteiger partial charge in [0.1, 0.15) is 16.8 Å². The van der Waals surface area contributed by atoms with Crippen LogP contribution >= 0.6 is 23.4 Å². The lowest BCUT2D eigenvalue weighted by atomic mass is 10.1. The lowest BCUT2D eigenvalue weighted by Crippen LogP contribution is -2.12. The van der Waals surface area contributed by atoms with Crippen LogP contribution in [0.25, 0.3) is 5.69 Å². The third-order valence-electron chi connectivity index (χ3n) is 4.01. The van der Waals surface area contributed by atoms with Gasteiger partial charge in [-0.1, -0.05) is 41.6 Å². The van der Waals surface area contributed by atoms with Gasteiger partial charge >= 0.3 is 0 Å². The van der Waals surface area contributed by atoms with E-state index in [-0.39, 0.29) is 11.5 Å². The monoisotopic (exact) mass is 418 g/mol. The zero-order valence-electron chi connectivity index (χ0n) is 15.4. The number of ether oxygens (including phenoxy) is 1. The van der Waals surface area contributed by atoms with Crippen LogP contribution in [0.3, 0.4) is 0 Å². The summed E-state index contributed by atoms with van der Waals surface area (Å²) in [5.74, 6) is 1.32. The maximum atomic E-state index is 11.3. The van der Waals surface area contributed by atoms with E-state index in [1.54, 1.807) is 12.1 Å². The van der Waals surface area contributed by atoms with Crippen LogP contribution in [-0.4, -0.2) is 32.8 Å². The van der Waals surface area contributed by atoms with Gasteiger partial charge in [-0.05, 0) is 44.2 Å². The van der Waals surface area contributed by atoms with Crippen LogP contribution in [0.1, 0.15) is 23.6 Å². The van der Waals surface area contributed by atoms with E-state index in [0.717, 1.165) is 11.3 Å². The fourth-order valence-corrected chi connectivity index (χ4v) is 4.13. The molecule has 3 rings (SSSR count). The lowest BCUT2D eigenvalue weighted by molar-refractivity contribution is -0.479. The summed E-state index contributed by atoms with van der Waals surface area (Å²) in [4.78, 5) is 11.0. The number of thioether (sulfide) groups is 1. The van der Waals surface area contributed by atoms with Crippen LogP contribution in [0.4, 0.5) is 0 Å². The summed E-state index contributed by atoms with van der Waals surface area (Å²) in [5, 5.41) is 20.4. The molecule has 0 saturated carbocycles. The van der Waals surface area contributed by atoms with E-state index in [9.17, 15) is 10.1 Å². The van der Waals surface area contributed by atoms with Crippen LogP contribution in [0, 0.1) is 17.0 Å². The fourth-order valence-electron chi connectivity index (χ4n) is 2.80. The quantitative estimate of drug-likeness (QED) is 0.298. The van der Waals surface area contributed by atoms with E-state index in [2.05, 4.69) is 10.2 Å². The molecule has 0 spiro atoms. The highest BCUT2D eigenvalue weighted by molar-refractivity contribution is 7.99. The molecule has 0 amide bonds. The third-order valence-corrected chi connectivity index (χ3v) is 5.42. The first kappa shape index (κ1) is 20.2. The van der Waals surface area contributed by atoms with Crippen molar-refractivity contribution in [3.05, 3.63) is 75.1 Å². The normalized spacial score (nSPS) is 12.0. The number of aromatic nitrogens is 3. The first-order chi connectivity index (χ1) is 13.5. The Morgan fingerprint density at radius 3 is 2.61 bits per heavy atom. The van der Waals surface area contributed by atoms with Gasteiger partial charge in [-0.15, -0.1) is 10.2 Å². The zero-order valence-corrected chi connectivity index (χ0v) is 17.0. The highest BCUT2D eigenvalue weighted by atomic mass is 35.5. The van der Waals surface area contributed by atoms with Gasteiger partial charge < -0.3 is 4.74 Å². The minimum Gasteiger partial charge on any atom is -0.494 e. The van der Waals surface area contributed by atoms with Crippen LogP contribution in [-0.2, 0) is 0 Å². The molecule has 0 fully saturated rings. The molecule has 0 bridgehead atoms. The Morgan fingerprint density at radius 1 is 1.21 bits per heavy atom. The smallest absolute Gasteiger partial charge is 0.220 e. The fraction of sp³-hybridized carbons (Fsp3) is 0.263. The van der Waals surface area contributed by atoms with E-state index in [1.807, 2.05) is 54.8 Å². The van der Waals surface area contributed by atoms with Gasteiger partial charge in [0, 0.05) is 21.2 Å². The Balaban J connectivity index is 1.99. The molecule has 1 aromatic heterocycles. The number of halogens is 1. The van der Waals surface area contributed by atoms with E-state index in [0.29, 0.717) is 28.4 Å². The summed E-state index contributed by atoms with van der Waals surface area (Å²) >= 11 is 7.28. The second kappa shape index (κ2) is 9.07. The van der Waals surface area contributed by atoms with Gasteiger partial charge in [-0.25, -0.2) is 0 Å². The van der Waals surface area contributed by atoms with Crippen molar-refractivity contribution in [3.63, 3.8) is 0 Å². The van der Waals surface area contributed by atoms with E-state index < -0.39 is 5.25 Å². The summed E-state index contributed by atoms with van der Waals surface area (Å²) in [6, 6.07) is 14.7. The van der Waals surface area contributed by atoms with Gasteiger partial charge in [0.05, 0.1) is 6.61 Å². The summed E-state index contributed by atoms with van der Waals surface area (Å²) in [6.45, 7) is 3.93. The summed E-state index contributed by atoms with van der Waals surface area (Å²) < 4.78 is 7.54.